The molecule has 4 rings (SSSR count). The van der Waals surface area contributed by atoms with Crippen molar-refractivity contribution in [3.63, 3.8) is 0 Å². The van der Waals surface area contributed by atoms with Crippen molar-refractivity contribution in [1.29, 1.82) is 0 Å². The highest BCUT2D eigenvalue weighted by Gasteiger charge is 2.44. The van der Waals surface area contributed by atoms with Crippen LogP contribution in [0.25, 0.3) is 0 Å². The lowest BCUT2D eigenvalue weighted by molar-refractivity contribution is 0.0885. The van der Waals surface area contributed by atoms with Gasteiger partial charge in [0, 0.05) is 30.6 Å². The summed E-state index contributed by atoms with van der Waals surface area (Å²) in [5.41, 5.74) is 1.01. The minimum atomic E-state index is 0.328. The van der Waals surface area contributed by atoms with Gasteiger partial charge in [0.1, 0.15) is 11.5 Å². The molecule has 0 N–H and O–H groups in total. The summed E-state index contributed by atoms with van der Waals surface area (Å²) in [6, 6.07) is 7.92. The summed E-state index contributed by atoms with van der Waals surface area (Å²) < 4.78 is 17.3. The van der Waals surface area contributed by atoms with E-state index in [9.17, 15) is 0 Å². The molecule has 0 bridgehead atoms. The molecule has 0 aliphatic carbocycles. The van der Waals surface area contributed by atoms with Gasteiger partial charge in [0.25, 0.3) is 0 Å². The number of nitrogens with zero attached hydrogens (tertiary/aromatic N) is 2. The van der Waals surface area contributed by atoms with Crippen molar-refractivity contribution in [2.45, 2.75) is 19.6 Å². The Morgan fingerprint density at radius 3 is 3.04 bits per heavy atom. The molecule has 0 aromatic carbocycles. The minimum absolute atomic E-state index is 0.328. The maximum Gasteiger partial charge on any atom is 0.137 e. The molecular formula is C18H22N2O3. The molecule has 0 amide bonds. The van der Waals surface area contributed by atoms with Crippen LogP contribution in [-0.2, 0) is 11.3 Å². The Balaban J connectivity index is 1.32. The first-order valence-electron chi connectivity index (χ1n) is 8.20. The quantitative estimate of drug-likeness (QED) is 0.848. The maximum absolute atomic E-state index is 5.98. The van der Waals surface area contributed by atoms with E-state index in [1.54, 1.807) is 12.5 Å². The van der Waals surface area contributed by atoms with Gasteiger partial charge in [-0.2, -0.15) is 0 Å². The van der Waals surface area contributed by atoms with Crippen LogP contribution in [0.15, 0.2) is 41.1 Å². The molecule has 0 saturated carbocycles. The highest BCUT2D eigenvalue weighted by atomic mass is 16.5. The van der Waals surface area contributed by atoms with Crippen molar-refractivity contribution in [2.75, 3.05) is 26.3 Å². The molecule has 2 aromatic rings. The van der Waals surface area contributed by atoms with Gasteiger partial charge < -0.3 is 13.9 Å². The number of aromatic nitrogens is 1. The number of hydrogen-bond donors (Lipinski definition) is 0. The minimum Gasteiger partial charge on any atom is -0.492 e. The molecule has 2 aliphatic heterocycles. The second-order valence-electron chi connectivity index (χ2n) is 6.52. The lowest BCUT2D eigenvalue weighted by Crippen LogP contribution is -2.26. The fourth-order valence-electron chi connectivity index (χ4n) is 3.55. The van der Waals surface area contributed by atoms with Gasteiger partial charge in [0.2, 0.25) is 0 Å². The molecule has 5 heteroatoms. The normalized spacial score (nSPS) is 27.3. The third-order valence-corrected chi connectivity index (χ3v) is 4.82. The van der Waals surface area contributed by atoms with Gasteiger partial charge in [-0.05, 0) is 31.2 Å². The monoisotopic (exact) mass is 314 g/mol. The first-order chi connectivity index (χ1) is 11.3. The Morgan fingerprint density at radius 1 is 1.30 bits per heavy atom. The van der Waals surface area contributed by atoms with Crippen LogP contribution in [0.2, 0.25) is 0 Å². The fourth-order valence-corrected chi connectivity index (χ4v) is 3.55. The van der Waals surface area contributed by atoms with Crippen LogP contribution in [0.4, 0.5) is 0 Å². The van der Waals surface area contributed by atoms with Crippen LogP contribution >= 0.6 is 0 Å². The smallest absolute Gasteiger partial charge is 0.137 e. The van der Waals surface area contributed by atoms with Crippen LogP contribution in [-0.4, -0.2) is 42.3 Å². The van der Waals surface area contributed by atoms with E-state index in [0.29, 0.717) is 24.5 Å². The van der Waals surface area contributed by atoms with Gasteiger partial charge in [-0.25, -0.2) is 0 Å². The topological polar surface area (TPSA) is 47.7 Å². The Kier molecular flexibility index (Phi) is 4.06. The molecule has 3 atom stereocenters. The Labute approximate surface area is 136 Å². The van der Waals surface area contributed by atoms with E-state index in [-0.39, 0.29) is 0 Å². The summed E-state index contributed by atoms with van der Waals surface area (Å²) >= 11 is 0. The summed E-state index contributed by atoms with van der Waals surface area (Å²) in [4.78, 5) is 6.68. The van der Waals surface area contributed by atoms with E-state index in [4.69, 9.17) is 13.9 Å². The Hall–Kier alpha value is -1.85. The molecule has 2 aliphatic rings. The predicted molar refractivity (Wildman–Crippen MR) is 85.2 cm³/mol. The zero-order valence-corrected chi connectivity index (χ0v) is 13.4. The van der Waals surface area contributed by atoms with E-state index in [2.05, 4.69) is 9.88 Å². The number of hydrogen-bond acceptors (Lipinski definition) is 5. The molecule has 2 fully saturated rings. The van der Waals surface area contributed by atoms with Crippen molar-refractivity contribution >= 4 is 0 Å². The molecule has 4 heterocycles. The highest BCUT2D eigenvalue weighted by Crippen LogP contribution is 2.34. The number of aryl methyl sites for hydroxylation is 1. The van der Waals surface area contributed by atoms with E-state index in [1.807, 2.05) is 31.2 Å². The zero-order chi connectivity index (χ0) is 15.6. The summed E-state index contributed by atoms with van der Waals surface area (Å²) in [5.74, 6) is 2.85. The fraction of sp³-hybridized carbons (Fsp3) is 0.500. The number of ether oxygens (including phenoxy) is 2. The van der Waals surface area contributed by atoms with Crippen molar-refractivity contribution in [2.24, 2.45) is 11.8 Å². The molecule has 5 nitrogen and oxygen atoms in total. The number of rotatable bonds is 5. The lowest BCUT2D eigenvalue weighted by atomic mass is 9.94. The van der Waals surface area contributed by atoms with E-state index in [1.165, 1.54) is 0 Å². The average molecular weight is 314 g/mol. The van der Waals surface area contributed by atoms with Crippen molar-refractivity contribution in [3.8, 4) is 5.75 Å². The van der Waals surface area contributed by atoms with Crippen LogP contribution in [0, 0.1) is 18.8 Å². The molecule has 2 aromatic heterocycles. The third-order valence-electron chi connectivity index (χ3n) is 4.82. The molecular weight excluding hydrogens is 292 g/mol. The predicted octanol–water partition coefficient (Wildman–Crippen LogP) is 2.51. The number of fused-ring (bicyclic) bond motifs is 1. The number of furan rings is 1. The standard InChI is InChI=1S/C18H22N2O3/c1-13-4-5-15(7-19-13)22-11-14-12-23-18-10-20(9-17(14)18)8-16-3-2-6-21-16/h2-7,14,17-18H,8-12H2,1H3/t14-,17-,18-/m1/s1. The molecule has 2 saturated heterocycles. The Morgan fingerprint density at radius 2 is 2.26 bits per heavy atom. The first-order valence-corrected chi connectivity index (χ1v) is 8.20. The SMILES string of the molecule is Cc1ccc(OC[C@@H]2CO[C@@H]3CN(Cc4ccco4)C[C@H]23)cn1. The van der Waals surface area contributed by atoms with Gasteiger partial charge in [-0.15, -0.1) is 0 Å². The largest absolute Gasteiger partial charge is 0.492 e. The Bertz CT molecular complexity index is 626. The van der Waals surface area contributed by atoms with Gasteiger partial charge >= 0.3 is 0 Å². The second-order valence-corrected chi connectivity index (χ2v) is 6.52. The van der Waals surface area contributed by atoms with E-state index >= 15 is 0 Å². The van der Waals surface area contributed by atoms with Gasteiger partial charge in [0.15, 0.2) is 0 Å². The van der Waals surface area contributed by atoms with Crippen LogP contribution in [0.5, 0.6) is 5.75 Å². The van der Waals surface area contributed by atoms with Crippen molar-refractivity contribution in [1.82, 2.24) is 9.88 Å². The second kappa shape index (κ2) is 6.34. The van der Waals surface area contributed by atoms with Crippen LogP contribution in [0.3, 0.4) is 0 Å². The number of pyridine rings is 1. The first kappa shape index (κ1) is 14.7. The van der Waals surface area contributed by atoms with Crippen molar-refractivity contribution in [3.05, 3.63) is 48.2 Å². The van der Waals surface area contributed by atoms with Crippen molar-refractivity contribution < 1.29 is 13.9 Å². The highest BCUT2D eigenvalue weighted by molar-refractivity contribution is 5.19. The summed E-state index contributed by atoms with van der Waals surface area (Å²) in [6.07, 6.45) is 3.85. The molecule has 0 radical (unpaired) electrons. The van der Waals surface area contributed by atoms with Crippen LogP contribution < -0.4 is 4.74 Å². The summed E-state index contributed by atoms with van der Waals surface area (Å²) in [7, 11) is 0. The van der Waals surface area contributed by atoms with E-state index in [0.717, 1.165) is 43.4 Å². The van der Waals surface area contributed by atoms with Gasteiger partial charge in [-0.3, -0.25) is 9.88 Å². The molecule has 23 heavy (non-hydrogen) atoms. The van der Waals surface area contributed by atoms with Crippen LogP contribution in [0.1, 0.15) is 11.5 Å². The van der Waals surface area contributed by atoms with Gasteiger partial charge in [-0.1, -0.05) is 0 Å². The van der Waals surface area contributed by atoms with E-state index < -0.39 is 0 Å². The lowest BCUT2D eigenvalue weighted by Gasteiger charge is -2.19. The summed E-state index contributed by atoms with van der Waals surface area (Å²) in [5, 5.41) is 0. The summed E-state index contributed by atoms with van der Waals surface area (Å²) in [6.45, 7) is 6.35. The average Bonchev–Trinajstić information content (AvgIpc) is 3.25. The zero-order valence-electron chi connectivity index (χ0n) is 13.4. The number of likely N-dealkylation sites (tertiary alicyclic amines) is 1. The maximum atomic E-state index is 5.98. The molecule has 0 unspecified atom stereocenters. The molecule has 0 spiro atoms. The molecule has 122 valence electrons. The third kappa shape index (κ3) is 3.26. The van der Waals surface area contributed by atoms with Gasteiger partial charge in [0.05, 0.1) is 38.3 Å².